The fourth-order valence-corrected chi connectivity index (χ4v) is 1.22. The van der Waals surface area contributed by atoms with Gasteiger partial charge in [0.05, 0.1) is 25.9 Å². The molecule has 9 nitrogen and oxygen atoms in total. The van der Waals surface area contributed by atoms with Crippen molar-refractivity contribution in [2.75, 3.05) is 26.4 Å². The van der Waals surface area contributed by atoms with Crippen molar-refractivity contribution in [2.45, 2.75) is 58.5 Å². The fourth-order valence-electron chi connectivity index (χ4n) is 1.22. The molecule has 0 fully saturated rings. The maximum absolute atomic E-state index is 9.90. The van der Waals surface area contributed by atoms with Crippen molar-refractivity contribution in [3.8, 4) is 0 Å². The smallest absolute Gasteiger partial charge is 0.303 e. The summed E-state index contributed by atoms with van der Waals surface area (Å²) >= 11 is 0. The zero-order valence-corrected chi connectivity index (χ0v) is 15.1. The van der Waals surface area contributed by atoms with Crippen LogP contribution < -0.4 is 0 Å². The molecule has 0 heterocycles. The van der Waals surface area contributed by atoms with Crippen molar-refractivity contribution in [1.82, 2.24) is 0 Å². The van der Waals surface area contributed by atoms with Gasteiger partial charge in [0, 0.05) is 24.9 Å². The average molecular weight is 370 g/mol. The van der Waals surface area contributed by atoms with Gasteiger partial charge in [-0.1, -0.05) is 6.92 Å². The number of aliphatic carboxylic acids is 2. The summed E-state index contributed by atoms with van der Waals surface area (Å²) in [6, 6.07) is 0. The van der Waals surface area contributed by atoms with Gasteiger partial charge >= 0.3 is 11.9 Å². The van der Waals surface area contributed by atoms with Crippen LogP contribution in [0.4, 0.5) is 0 Å². The maximum Gasteiger partial charge on any atom is 0.303 e. The summed E-state index contributed by atoms with van der Waals surface area (Å²) in [6.07, 6.45) is 1.75. The Morgan fingerprint density at radius 2 is 1.24 bits per heavy atom. The minimum Gasteiger partial charge on any atom is -0.481 e. The number of aliphatic hydroxyl groups excluding tert-OH is 5. The first kappa shape index (κ1) is 28.5. The van der Waals surface area contributed by atoms with Crippen molar-refractivity contribution in [3.05, 3.63) is 0 Å². The molecular weight excluding hydrogens is 336 g/mol. The maximum atomic E-state index is 9.90. The van der Waals surface area contributed by atoms with Crippen molar-refractivity contribution in [1.29, 1.82) is 0 Å². The van der Waals surface area contributed by atoms with Crippen LogP contribution in [0.25, 0.3) is 0 Å². The molecule has 0 saturated heterocycles. The third kappa shape index (κ3) is 22.7. The van der Waals surface area contributed by atoms with Crippen LogP contribution in [0.5, 0.6) is 0 Å². The second-order valence-corrected chi connectivity index (χ2v) is 5.68. The molecule has 0 aromatic carbocycles. The van der Waals surface area contributed by atoms with Crippen molar-refractivity contribution in [3.63, 3.8) is 0 Å². The molecule has 0 spiro atoms. The Morgan fingerprint density at radius 1 is 0.880 bits per heavy atom. The summed E-state index contributed by atoms with van der Waals surface area (Å²) in [5, 5.41) is 58.7. The van der Waals surface area contributed by atoms with E-state index in [1.807, 2.05) is 6.92 Å². The number of carbonyl (C=O) groups is 2. The van der Waals surface area contributed by atoms with E-state index >= 15 is 0 Å². The van der Waals surface area contributed by atoms with E-state index in [1.165, 1.54) is 0 Å². The van der Waals surface area contributed by atoms with E-state index in [-0.39, 0.29) is 45.4 Å². The summed E-state index contributed by atoms with van der Waals surface area (Å²) in [4.78, 5) is 19.8. The molecule has 0 aromatic rings. The van der Waals surface area contributed by atoms with Gasteiger partial charge in [-0.2, -0.15) is 0 Å². The molecule has 0 radical (unpaired) electrons. The Bertz CT molecular complexity index is 281. The molecule has 0 saturated carbocycles. The van der Waals surface area contributed by atoms with Gasteiger partial charge in [0.2, 0.25) is 0 Å². The quantitative estimate of drug-likeness (QED) is 0.243. The van der Waals surface area contributed by atoms with Gasteiger partial charge < -0.3 is 35.7 Å². The number of carboxylic acids is 2. The molecule has 0 aliphatic heterocycles. The third-order valence-electron chi connectivity index (χ3n) is 3.33. The van der Waals surface area contributed by atoms with Crippen molar-refractivity contribution in [2.24, 2.45) is 5.41 Å². The highest BCUT2D eigenvalue weighted by atomic mass is 16.4. The first-order chi connectivity index (χ1) is 11.6. The second kappa shape index (κ2) is 19.1. The molecule has 152 valence electrons. The molecule has 0 aliphatic carbocycles. The predicted molar refractivity (Wildman–Crippen MR) is 91.1 cm³/mol. The molecule has 1 atom stereocenters. The normalized spacial score (nSPS) is 11.5. The van der Waals surface area contributed by atoms with E-state index in [0.717, 1.165) is 0 Å². The molecule has 9 heteroatoms. The summed E-state index contributed by atoms with van der Waals surface area (Å²) < 4.78 is 0. The molecule has 7 N–H and O–H groups in total. The van der Waals surface area contributed by atoms with Gasteiger partial charge in [-0.05, 0) is 32.6 Å². The van der Waals surface area contributed by atoms with Gasteiger partial charge in [0.15, 0.2) is 0 Å². The standard InChI is InChI=1S/C6H10O4.C6H14O3.C4H10O2/c7-5(8)3-1-2-4-6(9)10;1-2-6(3-7,4-8)5-9;1-4(6)2-3-5/h1-4H2,(H,7,8)(H,9,10);7-9H,2-5H2,1H3;4-6H,2-3H2,1H3. The van der Waals surface area contributed by atoms with E-state index in [0.29, 0.717) is 25.7 Å². The molecule has 25 heavy (non-hydrogen) atoms. The fraction of sp³-hybridized carbons (Fsp3) is 0.875. The number of carboxylic acid groups (broad SMARTS) is 2. The first-order valence-corrected chi connectivity index (χ1v) is 8.19. The average Bonchev–Trinajstić information content (AvgIpc) is 2.55. The highest BCUT2D eigenvalue weighted by molar-refractivity contribution is 5.67. The molecule has 0 rings (SSSR count). The molecule has 1 unspecified atom stereocenters. The summed E-state index contributed by atoms with van der Waals surface area (Å²) in [7, 11) is 0. The van der Waals surface area contributed by atoms with Crippen LogP contribution in [0.1, 0.15) is 52.4 Å². The Balaban J connectivity index is -0.000000300. The number of hydrogen-bond acceptors (Lipinski definition) is 7. The van der Waals surface area contributed by atoms with Crippen LogP contribution in [0.3, 0.4) is 0 Å². The van der Waals surface area contributed by atoms with E-state index in [1.54, 1.807) is 6.92 Å². The Morgan fingerprint density at radius 3 is 1.32 bits per heavy atom. The monoisotopic (exact) mass is 370 g/mol. The lowest BCUT2D eigenvalue weighted by molar-refractivity contribution is -0.139. The zero-order chi connectivity index (χ0) is 20.3. The molecular formula is C16H34O9. The highest BCUT2D eigenvalue weighted by Gasteiger charge is 2.24. The lowest BCUT2D eigenvalue weighted by Gasteiger charge is -2.24. The van der Waals surface area contributed by atoms with E-state index < -0.39 is 17.4 Å². The third-order valence-corrected chi connectivity index (χ3v) is 3.33. The van der Waals surface area contributed by atoms with Gasteiger partial charge in [0.1, 0.15) is 0 Å². The van der Waals surface area contributed by atoms with Crippen LogP contribution in [0.2, 0.25) is 0 Å². The van der Waals surface area contributed by atoms with Gasteiger partial charge in [-0.15, -0.1) is 0 Å². The molecule has 0 aromatic heterocycles. The zero-order valence-electron chi connectivity index (χ0n) is 15.1. The van der Waals surface area contributed by atoms with Crippen LogP contribution in [0.15, 0.2) is 0 Å². The van der Waals surface area contributed by atoms with Crippen LogP contribution in [-0.2, 0) is 9.59 Å². The van der Waals surface area contributed by atoms with Crippen LogP contribution in [-0.4, -0.2) is 80.2 Å². The number of rotatable bonds is 11. The number of unbranched alkanes of at least 4 members (excludes halogenated alkanes) is 1. The van der Waals surface area contributed by atoms with Gasteiger partial charge in [-0.25, -0.2) is 0 Å². The Labute approximate surface area is 148 Å². The predicted octanol–water partition coefficient (Wildman–Crippen LogP) is -0.175. The lowest BCUT2D eigenvalue weighted by Crippen LogP contribution is -2.32. The van der Waals surface area contributed by atoms with Gasteiger partial charge in [0.25, 0.3) is 0 Å². The van der Waals surface area contributed by atoms with Gasteiger partial charge in [-0.3, -0.25) is 9.59 Å². The largest absolute Gasteiger partial charge is 0.481 e. The van der Waals surface area contributed by atoms with E-state index in [9.17, 15) is 9.59 Å². The van der Waals surface area contributed by atoms with Crippen LogP contribution in [0, 0.1) is 5.41 Å². The molecule has 0 bridgehead atoms. The second-order valence-electron chi connectivity index (χ2n) is 5.68. The van der Waals surface area contributed by atoms with Crippen LogP contribution >= 0.6 is 0 Å². The Kier molecular flexibility index (Phi) is 21.8. The summed E-state index contributed by atoms with van der Waals surface area (Å²) in [6.45, 7) is 3.08. The SMILES string of the molecule is CC(O)CCO.CCC(CO)(CO)CO.O=C(O)CCCCC(=O)O. The summed E-state index contributed by atoms with van der Waals surface area (Å²) in [5.41, 5.74) is -0.667. The minimum atomic E-state index is -0.870. The number of hydrogen-bond donors (Lipinski definition) is 7. The van der Waals surface area contributed by atoms with E-state index in [2.05, 4.69) is 0 Å². The highest BCUT2D eigenvalue weighted by Crippen LogP contribution is 2.18. The minimum absolute atomic E-state index is 0.0628. The first-order valence-electron chi connectivity index (χ1n) is 8.19. The lowest BCUT2D eigenvalue weighted by atomic mass is 9.88. The summed E-state index contributed by atoms with van der Waals surface area (Å²) in [5.74, 6) is -1.74. The Hall–Kier alpha value is -1.26. The molecule has 0 amide bonds. The van der Waals surface area contributed by atoms with Crippen molar-refractivity contribution >= 4 is 11.9 Å². The molecule has 0 aliphatic rings. The van der Waals surface area contributed by atoms with E-state index in [4.69, 9.17) is 35.7 Å². The number of aliphatic hydroxyl groups is 5. The van der Waals surface area contributed by atoms with Crippen molar-refractivity contribution < 1.29 is 45.3 Å². The topological polar surface area (TPSA) is 176 Å².